The van der Waals surface area contributed by atoms with Gasteiger partial charge in [-0.25, -0.2) is 4.57 Å². The highest BCUT2D eigenvalue weighted by Gasteiger charge is 2.22. The molecule has 1 amide bonds. The van der Waals surface area contributed by atoms with Crippen LogP contribution in [0.1, 0.15) is 0 Å². The lowest BCUT2D eigenvalue weighted by molar-refractivity contribution is -0.125. The Morgan fingerprint density at radius 3 is 2.40 bits per heavy atom. The molecular formula is C8H16NO5P. The van der Waals surface area contributed by atoms with Gasteiger partial charge in [-0.15, -0.1) is 0 Å². The third-order valence-corrected chi connectivity index (χ3v) is 3.07. The van der Waals surface area contributed by atoms with E-state index in [9.17, 15) is 9.36 Å². The summed E-state index contributed by atoms with van der Waals surface area (Å²) in [5.74, 6) is -0.233. The molecule has 0 unspecified atom stereocenters. The van der Waals surface area contributed by atoms with Crippen LogP contribution in [-0.2, 0) is 22.9 Å². The van der Waals surface area contributed by atoms with Crippen molar-refractivity contribution < 1.29 is 22.9 Å². The van der Waals surface area contributed by atoms with Gasteiger partial charge < -0.3 is 4.90 Å². The van der Waals surface area contributed by atoms with Gasteiger partial charge in [0.2, 0.25) is 5.91 Å². The van der Waals surface area contributed by atoms with E-state index in [1.54, 1.807) is 7.05 Å². The zero-order valence-electron chi connectivity index (χ0n) is 9.13. The van der Waals surface area contributed by atoms with Gasteiger partial charge in [0, 0.05) is 27.8 Å². The predicted molar refractivity (Wildman–Crippen MR) is 55.4 cm³/mol. The molecule has 0 aromatic rings. The number of likely N-dealkylation sites (N-methyl/N-ethyl adjacent to an activating group) is 1. The smallest absolute Gasteiger partial charge is 0.340 e. The molecule has 0 atom stereocenters. The van der Waals surface area contributed by atoms with Gasteiger partial charge >= 0.3 is 7.82 Å². The Labute approximate surface area is 89.4 Å². The molecule has 0 saturated carbocycles. The van der Waals surface area contributed by atoms with Crippen molar-refractivity contribution in [3.8, 4) is 0 Å². The lowest BCUT2D eigenvalue weighted by atomic mass is 10.5. The summed E-state index contributed by atoms with van der Waals surface area (Å²) in [6.45, 7) is 3.68. The molecule has 0 aromatic heterocycles. The van der Waals surface area contributed by atoms with Crippen LogP contribution in [0.15, 0.2) is 12.7 Å². The van der Waals surface area contributed by atoms with E-state index in [0.29, 0.717) is 0 Å². The lowest BCUT2D eigenvalue weighted by Crippen LogP contribution is -2.28. The highest BCUT2D eigenvalue weighted by molar-refractivity contribution is 7.48. The van der Waals surface area contributed by atoms with E-state index in [2.05, 4.69) is 15.6 Å². The van der Waals surface area contributed by atoms with Crippen molar-refractivity contribution in [1.29, 1.82) is 0 Å². The average molecular weight is 237 g/mol. The van der Waals surface area contributed by atoms with Gasteiger partial charge in [-0.2, -0.15) is 0 Å². The Kier molecular flexibility index (Phi) is 6.43. The maximum Gasteiger partial charge on any atom is 0.474 e. The van der Waals surface area contributed by atoms with Crippen molar-refractivity contribution in [2.24, 2.45) is 0 Å². The van der Waals surface area contributed by atoms with Gasteiger partial charge in [0.15, 0.2) is 0 Å². The van der Waals surface area contributed by atoms with Gasteiger partial charge in [-0.1, -0.05) is 6.58 Å². The van der Waals surface area contributed by atoms with Crippen LogP contribution in [0.3, 0.4) is 0 Å². The summed E-state index contributed by atoms with van der Waals surface area (Å²) in [6, 6.07) is 0. The van der Waals surface area contributed by atoms with Crippen LogP contribution in [0.4, 0.5) is 0 Å². The Morgan fingerprint density at radius 2 is 2.00 bits per heavy atom. The summed E-state index contributed by atoms with van der Waals surface area (Å²) in [6.07, 6.45) is 1.19. The molecule has 0 aromatic carbocycles. The number of hydrogen-bond donors (Lipinski definition) is 0. The van der Waals surface area contributed by atoms with Gasteiger partial charge in [-0.3, -0.25) is 18.4 Å². The summed E-state index contributed by atoms with van der Waals surface area (Å²) < 4.78 is 25.3. The van der Waals surface area contributed by atoms with Crippen molar-refractivity contribution in [3.63, 3.8) is 0 Å². The summed E-state index contributed by atoms with van der Waals surface area (Å²) in [5.41, 5.74) is 0. The molecule has 0 aliphatic heterocycles. The second-order valence-corrected chi connectivity index (χ2v) is 4.49. The summed E-state index contributed by atoms with van der Waals surface area (Å²) in [7, 11) is 0.592. The molecule has 0 saturated heterocycles. The molecule has 15 heavy (non-hydrogen) atoms. The average Bonchev–Trinajstić information content (AvgIpc) is 2.27. The second kappa shape index (κ2) is 6.74. The number of rotatable bonds is 7. The first-order valence-corrected chi connectivity index (χ1v) is 5.68. The highest BCUT2D eigenvalue weighted by Crippen LogP contribution is 2.47. The highest BCUT2D eigenvalue weighted by atomic mass is 31.2. The third kappa shape index (κ3) is 5.09. The quantitative estimate of drug-likeness (QED) is 0.489. The fourth-order valence-corrected chi connectivity index (χ4v) is 1.40. The molecule has 0 N–H and O–H groups in total. The molecule has 0 rings (SSSR count). The largest absolute Gasteiger partial charge is 0.474 e. The molecule has 0 fully saturated rings. The third-order valence-electron chi connectivity index (χ3n) is 1.67. The van der Waals surface area contributed by atoms with Gasteiger partial charge in [0.25, 0.3) is 0 Å². The van der Waals surface area contributed by atoms with Crippen LogP contribution in [0.2, 0.25) is 0 Å². The topological polar surface area (TPSA) is 65.1 Å². The van der Waals surface area contributed by atoms with E-state index in [1.807, 2.05) is 0 Å². The first kappa shape index (κ1) is 14.3. The van der Waals surface area contributed by atoms with Crippen molar-refractivity contribution >= 4 is 13.7 Å². The van der Waals surface area contributed by atoms with Crippen LogP contribution in [0, 0.1) is 0 Å². The van der Waals surface area contributed by atoms with Crippen LogP contribution >= 0.6 is 7.82 Å². The number of carbonyl (C=O) groups is 1. The summed E-state index contributed by atoms with van der Waals surface area (Å²) in [4.78, 5) is 12.4. The van der Waals surface area contributed by atoms with Crippen LogP contribution < -0.4 is 0 Å². The van der Waals surface area contributed by atoms with Crippen LogP contribution in [-0.4, -0.2) is 45.2 Å². The van der Waals surface area contributed by atoms with Crippen molar-refractivity contribution in [3.05, 3.63) is 12.7 Å². The standard InChI is InChI=1S/C8H16NO5P/c1-5-8(10)9(2)6-7-14-15(11,12-3)13-4/h5H,1,6-7H2,2-4H3. The van der Waals surface area contributed by atoms with Gasteiger partial charge in [0.1, 0.15) is 0 Å². The SMILES string of the molecule is C=CC(=O)N(C)CCOP(=O)(OC)OC. The van der Waals surface area contributed by atoms with Gasteiger partial charge in [-0.05, 0) is 6.08 Å². The molecule has 0 heterocycles. The minimum absolute atomic E-state index is 0.0645. The molecule has 6 nitrogen and oxygen atoms in total. The Hall–Kier alpha value is -0.680. The second-order valence-electron chi connectivity index (χ2n) is 2.61. The van der Waals surface area contributed by atoms with E-state index >= 15 is 0 Å². The fourth-order valence-electron chi connectivity index (χ4n) is 0.736. The Bertz CT molecular complexity index is 260. The number of phosphoric ester groups is 1. The predicted octanol–water partition coefficient (Wildman–Crippen LogP) is 1.05. The molecular weight excluding hydrogens is 221 g/mol. The molecule has 0 bridgehead atoms. The van der Waals surface area contributed by atoms with Crippen molar-refractivity contribution in [2.75, 3.05) is 34.4 Å². The molecule has 88 valence electrons. The van der Waals surface area contributed by atoms with E-state index < -0.39 is 7.82 Å². The fraction of sp³-hybridized carbons (Fsp3) is 0.625. The first-order chi connectivity index (χ1) is 6.99. The number of hydrogen-bond acceptors (Lipinski definition) is 5. The minimum Gasteiger partial charge on any atom is -0.340 e. The zero-order chi connectivity index (χ0) is 11.9. The molecule has 0 spiro atoms. The van der Waals surface area contributed by atoms with E-state index in [0.717, 1.165) is 0 Å². The van der Waals surface area contributed by atoms with E-state index in [-0.39, 0.29) is 19.1 Å². The number of carbonyl (C=O) groups excluding carboxylic acids is 1. The maximum absolute atomic E-state index is 11.4. The number of amides is 1. The first-order valence-electron chi connectivity index (χ1n) is 4.22. The molecule has 0 radical (unpaired) electrons. The Balaban J connectivity index is 3.93. The lowest BCUT2D eigenvalue weighted by Gasteiger charge is -2.17. The number of phosphoric acid groups is 1. The summed E-state index contributed by atoms with van der Waals surface area (Å²) >= 11 is 0. The van der Waals surface area contributed by atoms with E-state index in [1.165, 1.54) is 25.2 Å². The zero-order valence-corrected chi connectivity index (χ0v) is 10.0. The molecule has 7 heteroatoms. The molecule has 0 aliphatic rings. The van der Waals surface area contributed by atoms with Gasteiger partial charge in [0.05, 0.1) is 6.61 Å². The van der Waals surface area contributed by atoms with Crippen LogP contribution in [0.5, 0.6) is 0 Å². The normalized spacial score (nSPS) is 11.1. The minimum atomic E-state index is -3.44. The van der Waals surface area contributed by atoms with Crippen LogP contribution in [0.25, 0.3) is 0 Å². The van der Waals surface area contributed by atoms with Crippen molar-refractivity contribution in [2.45, 2.75) is 0 Å². The Morgan fingerprint density at radius 1 is 1.47 bits per heavy atom. The monoisotopic (exact) mass is 237 g/mol. The molecule has 0 aliphatic carbocycles. The maximum atomic E-state index is 11.4. The summed E-state index contributed by atoms with van der Waals surface area (Å²) in [5, 5.41) is 0. The van der Waals surface area contributed by atoms with E-state index in [4.69, 9.17) is 4.52 Å². The van der Waals surface area contributed by atoms with Crippen molar-refractivity contribution in [1.82, 2.24) is 4.90 Å². The number of nitrogens with zero attached hydrogens (tertiary/aromatic N) is 1.